The van der Waals surface area contributed by atoms with Crippen LogP contribution in [0.15, 0.2) is 6.20 Å². The predicted molar refractivity (Wildman–Crippen MR) is 67.8 cm³/mol. The first-order valence-corrected chi connectivity index (χ1v) is 6.59. The molecule has 1 N–H and O–H groups in total. The van der Waals surface area contributed by atoms with E-state index in [9.17, 15) is 5.11 Å². The highest BCUT2D eigenvalue weighted by Crippen LogP contribution is 2.34. The molecule has 1 aliphatic rings. The van der Waals surface area contributed by atoms with Crippen molar-refractivity contribution < 1.29 is 5.11 Å². The molecule has 0 aliphatic heterocycles. The summed E-state index contributed by atoms with van der Waals surface area (Å²) in [4.78, 5) is 9.03. The van der Waals surface area contributed by atoms with Gasteiger partial charge in [0.2, 0.25) is 0 Å². The molecule has 0 bridgehead atoms. The van der Waals surface area contributed by atoms with Crippen molar-refractivity contribution >= 4 is 0 Å². The fraction of sp³-hybridized carbons (Fsp3) is 0.714. The molecule has 1 aliphatic carbocycles. The second kappa shape index (κ2) is 5.13. The van der Waals surface area contributed by atoms with E-state index in [2.05, 4.69) is 16.9 Å². The van der Waals surface area contributed by atoms with Gasteiger partial charge in [-0.15, -0.1) is 0 Å². The van der Waals surface area contributed by atoms with E-state index in [0.717, 1.165) is 23.0 Å². The lowest BCUT2D eigenvalue weighted by atomic mass is 9.82. The second-order valence-electron chi connectivity index (χ2n) is 5.41. The van der Waals surface area contributed by atoms with Gasteiger partial charge in [-0.05, 0) is 32.6 Å². The lowest BCUT2D eigenvalue weighted by molar-refractivity contribution is 0.197. The number of nitrogens with zero attached hydrogens (tertiary/aromatic N) is 2. The van der Waals surface area contributed by atoms with Crippen LogP contribution >= 0.6 is 0 Å². The van der Waals surface area contributed by atoms with Crippen molar-refractivity contribution in [1.29, 1.82) is 0 Å². The molecule has 1 saturated carbocycles. The highest BCUT2D eigenvalue weighted by atomic mass is 16.3. The Labute approximate surface area is 103 Å². The molecule has 3 nitrogen and oxygen atoms in total. The summed E-state index contributed by atoms with van der Waals surface area (Å²) in [5.41, 5.74) is 1.76. The molecule has 1 aromatic heterocycles. The topological polar surface area (TPSA) is 46.0 Å². The van der Waals surface area contributed by atoms with Crippen LogP contribution in [-0.4, -0.2) is 15.1 Å². The third-order valence-electron chi connectivity index (χ3n) is 3.79. The lowest BCUT2D eigenvalue weighted by Gasteiger charge is -2.26. The Morgan fingerprint density at radius 3 is 2.76 bits per heavy atom. The minimum Gasteiger partial charge on any atom is -0.389 e. The van der Waals surface area contributed by atoms with Crippen molar-refractivity contribution in [2.24, 2.45) is 5.92 Å². The Bertz CT molecular complexity index is 390. The maximum Gasteiger partial charge on any atom is 0.131 e. The summed E-state index contributed by atoms with van der Waals surface area (Å²) in [6.45, 7) is 6.02. The molecule has 3 heteroatoms. The quantitative estimate of drug-likeness (QED) is 0.855. The second-order valence-corrected chi connectivity index (χ2v) is 5.41. The van der Waals surface area contributed by atoms with E-state index in [-0.39, 0.29) is 0 Å². The predicted octanol–water partition coefficient (Wildman–Crippen LogP) is 3.13. The van der Waals surface area contributed by atoms with E-state index in [4.69, 9.17) is 0 Å². The van der Waals surface area contributed by atoms with Crippen molar-refractivity contribution in [3.05, 3.63) is 23.3 Å². The number of aliphatic hydroxyl groups is 1. The lowest BCUT2D eigenvalue weighted by Crippen LogP contribution is -2.15. The number of aryl methyl sites for hydroxylation is 1. The average molecular weight is 234 g/mol. The zero-order valence-electron chi connectivity index (χ0n) is 11.0. The minimum atomic E-state index is -0.477. The summed E-state index contributed by atoms with van der Waals surface area (Å²) in [6, 6.07) is 0. The van der Waals surface area contributed by atoms with Gasteiger partial charge >= 0.3 is 0 Å². The third-order valence-corrected chi connectivity index (χ3v) is 3.79. The number of aliphatic hydroxyl groups excluding tert-OH is 1. The fourth-order valence-electron chi connectivity index (χ4n) is 2.77. The first kappa shape index (κ1) is 12.5. The maximum absolute atomic E-state index is 9.57. The van der Waals surface area contributed by atoms with Gasteiger partial charge in [0.05, 0.1) is 6.10 Å². The summed E-state index contributed by atoms with van der Waals surface area (Å²) in [6.07, 6.45) is 6.34. The maximum atomic E-state index is 9.57. The fourth-order valence-corrected chi connectivity index (χ4v) is 2.77. The largest absolute Gasteiger partial charge is 0.389 e. The third kappa shape index (κ3) is 2.83. The standard InChI is InChI=1S/C14H22N2O/c1-9-5-4-6-12(7-9)14-15-8-13(11(3)17)10(2)16-14/h8-9,11-12,17H,4-7H2,1-3H3/t9?,11-,12?/m1/s1. The molecule has 0 saturated heterocycles. The van der Waals surface area contributed by atoms with Crippen LogP contribution in [0.1, 0.15) is 68.6 Å². The summed E-state index contributed by atoms with van der Waals surface area (Å²) in [7, 11) is 0. The molecular formula is C14H22N2O. The van der Waals surface area contributed by atoms with Gasteiger partial charge in [0.25, 0.3) is 0 Å². The van der Waals surface area contributed by atoms with E-state index in [0.29, 0.717) is 5.92 Å². The Hall–Kier alpha value is -0.960. The Morgan fingerprint density at radius 1 is 1.41 bits per heavy atom. The number of hydrogen-bond donors (Lipinski definition) is 1. The molecule has 0 amide bonds. The smallest absolute Gasteiger partial charge is 0.131 e. The molecule has 94 valence electrons. The summed E-state index contributed by atoms with van der Waals surface area (Å²) < 4.78 is 0. The summed E-state index contributed by atoms with van der Waals surface area (Å²) >= 11 is 0. The SMILES string of the molecule is Cc1nc(C2CCCC(C)C2)ncc1[C@@H](C)O. The van der Waals surface area contributed by atoms with E-state index >= 15 is 0 Å². The van der Waals surface area contributed by atoms with Gasteiger partial charge in [-0.3, -0.25) is 0 Å². The summed E-state index contributed by atoms with van der Waals surface area (Å²) in [5, 5.41) is 9.57. The van der Waals surface area contributed by atoms with Gasteiger partial charge in [-0.25, -0.2) is 9.97 Å². The van der Waals surface area contributed by atoms with Gasteiger partial charge in [-0.1, -0.05) is 19.8 Å². The molecule has 1 aromatic rings. The normalized spacial score (nSPS) is 26.8. The Balaban J connectivity index is 2.19. The molecule has 2 unspecified atom stereocenters. The van der Waals surface area contributed by atoms with E-state index in [1.807, 2.05) is 6.92 Å². The Kier molecular flexibility index (Phi) is 3.77. The molecule has 0 spiro atoms. The van der Waals surface area contributed by atoms with Crippen LogP contribution in [0.4, 0.5) is 0 Å². The van der Waals surface area contributed by atoms with Crippen molar-refractivity contribution in [3.63, 3.8) is 0 Å². The number of rotatable bonds is 2. The zero-order valence-corrected chi connectivity index (χ0v) is 11.0. The van der Waals surface area contributed by atoms with Crippen molar-refractivity contribution in [2.75, 3.05) is 0 Å². The Morgan fingerprint density at radius 2 is 2.18 bits per heavy atom. The molecule has 1 heterocycles. The monoisotopic (exact) mass is 234 g/mol. The van der Waals surface area contributed by atoms with Crippen molar-refractivity contribution in [2.45, 2.75) is 58.5 Å². The van der Waals surface area contributed by atoms with Crippen LogP contribution in [0.3, 0.4) is 0 Å². The van der Waals surface area contributed by atoms with Gasteiger partial charge in [0.1, 0.15) is 5.82 Å². The van der Waals surface area contributed by atoms with Gasteiger partial charge < -0.3 is 5.11 Å². The number of aromatic nitrogens is 2. The first-order valence-electron chi connectivity index (χ1n) is 6.59. The molecular weight excluding hydrogens is 212 g/mol. The van der Waals surface area contributed by atoms with Crippen LogP contribution < -0.4 is 0 Å². The van der Waals surface area contributed by atoms with Gasteiger partial charge in [0, 0.05) is 23.4 Å². The molecule has 0 radical (unpaired) electrons. The average Bonchev–Trinajstić information content (AvgIpc) is 2.28. The first-order chi connectivity index (χ1) is 8.08. The number of hydrogen-bond acceptors (Lipinski definition) is 3. The molecule has 0 aromatic carbocycles. The molecule has 17 heavy (non-hydrogen) atoms. The minimum absolute atomic E-state index is 0.477. The molecule has 2 rings (SSSR count). The van der Waals surface area contributed by atoms with E-state index < -0.39 is 6.10 Å². The van der Waals surface area contributed by atoms with Crippen molar-refractivity contribution in [3.8, 4) is 0 Å². The molecule has 3 atom stereocenters. The van der Waals surface area contributed by atoms with E-state index in [1.165, 1.54) is 25.7 Å². The highest BCUT2D eigenvalue weighted by Gasteiger charge is 2.23. The van der Waals surface area contributed by atoms with Crippen LogP contribution in [0.25, 0.3) is 0 Å². The van der Waals surface area contributed by atoms with E-state index in [1.54, 1.807) is 13.1 Å². The van der Waals surface area contributed by atoms with Crippen LogP contribution in [-0.2, 0) is 0 Å². The van der Waals surface area contributed by atoms with Gasteiger partial charge in [0.15, 0.2) is 0 Å². The van der Waals surface area contributed by atoms with Gasteiger partial charge in [-0.2, -0.15) is 0 Å². The zero-order chi connectivity index (χ0) is 12.4. The summed E-state index contributed by atoms with van der Waals surface area (Å²) in [5.74, 6) is 2.27. The van der Waals surface area contributed by atoms with Crippen molar-refractivity contribution in [1.82, 2.24) is 9.97 Å². The van der Waals surface area contributed by atoms with Crippen LogP contribution in [0.5, 0.6) is 0 Å². The highest BCUT2D eigenvalue weighted by molar-refractivity contribution is 5.19. The molecule has 1 fully saturated rings. The van der Waals surface area contributed by atoms with Crippen LogP contribution in [0.2, 0.25) is 0 Å². The van der Waals surface area contributed by atoms with Crippen LogP contribution in [0, 0.1) is 12.8 Å².